The second-order valence-corrected chi connectivity index (χ2v) is 7.74. The van der Waals surface area contributed by atoms with E-state index in [0.717, 1.165) is 5.56 Å². The number of halogens is 2. The van der Waals surface area contributed by atoms with Gasteiger partial charge in [0.25, 0.3) is 0 Å². The molecule has 2 heterocycles. The lowest BCUT2D eigenvalue weighted by Gasteiger charge is -2.27. The third kappa shape index (κ3) is 4.25. The van der Waals surface area contributed by atoms with E-state index in [1.54, 1.807) is 45.2 Å². The van der Waals surface area contributed by atoms with Crippen molar-refractivity contribution in [3.63, 3.8) is 0 Å². The molecule has 8 heteroatoms. The molecule has 1 amide bonds. The van der Waals surface area contributed by atoms with Gasteiger partial charge in [0.2, 0.25) is 0 Å². The molecule has 3 rings (SSSR count). The zero-order valence-corrected chi connectivity index (χ0v) is 17.0. The number of aromatic nitrogens is 3. The van der Waals surface area contributed by atoms with Crippen LogP contribution >= 0.6 is 11.6 Å². The van der Waals surface area contributed by atoms with Gasteiger partial charge in [0.1, 0.15) is 22.4 Å². The first-order valence-corrected chi connectivity index (χ1v) is 9.34. The van der Waals surface area contributed by atoms with Crippen LogP contribution in [0.25, 0.3) is 5.65 Å². The third-order valence-corrected chi connectivity index (χ3v) is 4.25. The van der Waals surface area contributed by atoms with Gasteiger partial charge in [-0.15, -0.1) is 0 Å². The molecular formula is C20H22ClFN4O2. The molecule has 0 spiro atoms. The molecule has 0 aliphatic heterocycles. The van der Waals surface area contributed by atoms with E-state index in [-0.39, 0.29) is 11.7 Å². The summed E-state index contributed by atoms with van der Waals surface area (Å²) in [5, 5.41) is 4.55. The van der Waals surface area contributed by atoms with Gasteiger partial charge < -0.3 is 4.74 Å². The maximum atomic E-state index is 14.3. The van der Waals surface area contributed by atoms with E-state index in [1.807, 2.05) is 6.92 Å². The van der Waals surface area contributed by atoms with Gasteiger partial charge in [0.05, 0.1) is 12.7 Å². The molecule has 0 radical (unpaired) electrons. The molecular weight excluding hydrogens is 383 g/mol. The second kappa shape index (κ2) is 7.75. The molecule has 0 atom stereocenters. The number of carbonyl (C=O) groups excluding carboxylic acids is 1. The average molecular weight is 405 g/mol. The molecule has 3 aromatic rings. The molecule has 0 aliphatic carbocycles. The van der Waals surface area contributed by atoms with E-state index in [2.05, 4.69) is 10.1 Å². The van der Waals surface area contributed by atoms with Crippen molar-refractivity contribution in [3.8, 4) is 0 Å². The zero-order valence-electron chi connectivity index (χ0n) is 16.2. The van der Waals surface area contributed by atoms with Crippen LogP contribution < -0.4 is 4.90 Å². The number of nitrogens with zero attached hydrogens (tertiary/aromatic N) is 4. The average Bonchev–Trinajstić information content (AvgIpc) is 3.01. The van der Waals surface area contributed by atoms with Crippen molar-refractivity contribution in [2.75, 3.05) is 4.90 Å². The van der Waals surface area contributed by atoms with Gasteiger partial charge in [0.15, 0.2) is 5.65 Å². The van der Waals surface area contributed by atoms with Crippen LogP contribution in [0.15, 0.2) is 36.5 Å². The van der Waals surface area contributed by atoms with Crippen LogP contribution in [0.2, 0.25) is 5.15 Å². The molecule has 2 aromatic heterocycles. The fourth-order valence-corrected chi connectivity index (χ4v) is 2.94. The summed E-state index contributed by atoms with van der Waals surface area (Å²) in [5.41, 5.74) is 1.06. The highest BCUT2D eigenvalue weighted by molar-refractivity contribution is 6.29. The number of anilines is 1. The number of rotatable bonds is 4. The summed E-state index contributed by atoms with van der Waals surface area (Å²) in [7, 11) is 0. The van der Waals surface area contributed by atoms with E-state index in [9.17, 15) is 9.18 Å². The molecule has 0 unspecified atom stereocenters. The summed E-state index contributed by atoms with van der Waals surface area (Å²) < 4.78 is 21.4. The molecule has 0 saturated carbocycles. The number of fused-ring (bicyclic) bond motifs is 1. The normalized spacial score (nSPS) is 11.6. The van der Waals surface area contributed by atoms with Crippen molar-refractivity contribution < 1.29 is 13.9 Å². The van der Waals surface area contributed by atoms with Gasteiger partial charge in [-0.3, -0.25) is 4.90 Å². The highest BCUT2D eigenvalue weighted by atomic mass is 35.5. The fourth-order valence-electron chi connectivity index (χ4n) is 2.76. The van der Waals surface area contributed by atoms with E-state index in [0.29, 0.717) is 23.4 Å². The predicted octanol–water partition coefficient (Wildman–Crippen LogP) is 5.03. The molecule has 6 nitrogen and oxygen atoms in total. The monoisotopic (exact) mass is 404 g/mol. The molecule has 0 bridgehead atoms. The Kier molecular flexibility index (Phi) is 5.56. The standard InChI is InChI=1S/C20H22ClFN4O2/c1-5-13-11-23-26-17(10-16(21)24-18(13)26)25(19(27)28-20(2,3)4)12-14-8-6-7-9-15(14)22/h6-11H,5,12H2,1-4H3. The van der Waals surface area contributed by atoms with Gasteiger partial charge >= 0.3 is 6.09 Å². The maximum absolute atomic E-state index is 14.3. The number of carbonyl (C=O) groups is 1. The zero-order chi connectivity index (χ0) is 20.5. The first-order chi connectivity index (χ1) is 13.2. The largest absolute Gasteiger partial charge is 0.443 e. The second-order valence-electron chi connectivity index (χ2n) is 7.35. The Balaban J connectivity index is 2.13. The third-order valence-electron chi connectivity index (χ3n) is 4.05. The van der Waals surface area contributed by atoms with Gasteiger partial charge in [-0.2, -0.15) is 9.61 Å². The van der Waals surface area contributed by atoms with E-state index in [4.69, 9.17) is 16.3 Å². The number of ether oxygens (including phenoxy) is 1. The lowest BCUT2D eigenvalue weighted by molar-refractivity contribution is 0.0575. The first kappa shape index (κ1) is 20.1. The predicted molar refractivity (Wildman–Crippen MR) is 106 cm³/mol. The van der Waals surface area contributed by atoms with Crippen molar-refractivity contribution >= 4 is 29.2 Å². The van der Waals surface area contributed by atoms with Crippen LogP contribution in [0.3, 0.4) is 0 Å². The van der Waals surface area contributed by atoms with E-state index >= 15 is 0 Å². The molecule has 0 fully saturated rings. The highest BCUT2D eigenvalue weighted by Gasteiger charge is 2.27. The van der Waals surface area contributed by atoms with Crippen LogP contribution in [0.5, 0.6) is 0 Å². The Morgan fingerprint density at radius 2 is 2.00 bits per heavy atom. The number of hydrogen-bond donors (Lipinski definition) is 0. The summed E-state index contributed by atoms with van der Waals surface area (Å²) in [6, 6.07) is 7.79. The van der Waals surface area contributed by atoms with Gasteiger partial charge in [-0.25, -0.2) is 14.2 Å². The van der Waals surface area contributed by atoms with Crippen LogP contribution in [-0.4, -0.2) is 26.3 Å². The van der Waals surface area contributed by atoms with Crippen LogP contribution in [-0.2, 0) is 17.7 Å². The number of benzene rings is 1. The minimum Gasteiger partial charge on any atom is -0.443 e. The van der Waals surface area contributed by atoms with Gasteiger partial charge in [-0.1, -0.05) is 36.7 Å². The number of hydrogen-bond acceptors (Lipinski definition) is 4. The lowest BCUT2D eigenvalue weighted by Crippen LogP contribution is -2.37. The number of aryl methyl sites for hydroxylation is 1. The van der Waals surface area contributed by atoms with Crippen molar-refractivity contribution in [3.05, 3.63) is 58.6 Å². The Morgan fingerprint density at radius 1 is 1.29 bits per heavy atom. The number of amides is 1. The molecule has 1 aromatic carbocycles. The summed E-state index contributed by atoms with van der Waals surface area (Å²) >= 11 is 6.22. The quantitative estimate of drug-likeness (QED) is 0.572. The first-order valence-electron chi connectivity index (χ1n) is 8.96. The SMILES string of the molecule is CCc1cnn2c(N(Cc3ccccc3F)C(=O)OC(C)(C)C)cc(Cl)nc12. The van der Waals surface area contributed by atoms with Crippen molar-refractivity contribution in [1.82, 2.24) is 14.6 Å². The summed E-state index contributed by atoms with van der Waals surface area (Å²) in [4.78, 5) is 18.6. The van der Waals surface area contributed by atoms with Crippen molar-refractivity contribution in [2.24, 2.45) is 0 Å². The van der Waals surface area contributed by atoms with Gasteiger partial charge in [0, 0.05) is 17.2 Å². The van der Waals surface area contributed by atoms with E-state index < -0.39 is 17.5 Å². The summed E-state index contributed by atoms with van der Waals surface area (Å²) in [5.74, 6) is -0.0608. The fraction of sp³-hybridized carbons (Fsp3) is 0.350. The maximum Gasteiger partial charge on any atom is 0.416 e. The van der Waals surface area contributed by atoms with Crippen molar-refractivity contribution in [1.29, 1.82) is 0 Å². The molecule has 0 N–H and O–H groups in total. The molecule has 0 aliphatic rings. The topological polar surface area (TPSA) is 59.7 Å². The molecule has 28 heavy (non-hydrogen) atoms. The van der Waals surface area contributed by atoms with Gasteiger partial charge in [-0.05, 0) is 33.3 Å². The molecule has 148 valence electrons. The highest BCUT2D eigenvalue weighted by Crippen LogP contribution is 2.26. The van der Waals surface area contributed by atoms with E-state index in [1.165, 1.54) is 21.5 Å². The Bertz CT molecular complexity index is 1010. The minimum absolute atomic E-state index is 0.0433. The Morgan fingerprint density at radius 3 is 2.64 bits per heavy atom. The smallest absolute Gasteiger partial charge is 0.416 e. The summed E-state index contributed by atoms with van der Waals surface area (Å²) in [6.45, 7) is 7.24. The molecule has 0 saturated heterocycles. The minimum atomic E-state index is -0.723. The Hall–Kier alpha value is -2.67. The Labute approximate surface area is 167 Å². The summed E-state index contributed by atoms with van der Waals surface area (Å²) in [6.07, 6.45) is 1.75. The lowest BCUT2D eigenvalue weighted by atomic mass is 10.2. The van der Waals surface area contributed by atoms with Crippen LogP contribution in [0, 0.1) is 5.82 Å². The van der Waals surface area contributed by atoms with Crippen molar-refractivity contribution in [2.45, 2.75) is 46.3 Å². The van der Waals surface area contributed by atoms with Crippen LogP contribution in [0.4, 0.5) is 15.0 Å². The van der Waals surface area contributed by atoms with Crippen LogP contribution in [0.1, 0.15) is 38.8 Å².